The smallest absolute Gasteiger partial charge is 0.329 e. The SMILES string of the molecule is Cc1ccc(Nc2nc(N)ncc2[N+](=O)[O-])cc1F. The molecule has 98 valence electrons. The number of nitrogens with two attached hydrogens (primary N) is 1. The number of nitrogen functional groups attached to an aromatic ring is 1. The van der Waals surface area contributed by atoms with Gasteiger partial charge in [-0.2, -0.15) is 4.98 Å². The van der Waals surface area contributed by atoms with Gasteiger partial charge in [0.15, 0.2) is 0 Å². The lowest BCUT2D eigenvalue weighted by atomic mass is 10.2. The Morgan fingerprint density at radius 2 is 2.21 bits per heavy atom. The van der Waals surface area contributed by atoms with Crippen molar-refractivity contribution in [2.75, 3.05) is 11.1 Å². The van der Waals surface area contributed by atoms with E-state index in [1.54, 1.807) is 19.1 Å². The molecule has 0 bridgehead atoms. The Hall–Kier alpha value is -2.77. The van der Waals surface area contributed by atoms with Crippen molar-refractivity contribution >= 4 is 23.1 Å². The number of benzene rings is 1. The van der Waals surface area contributed by atoms with Crippen molar-refractivity contribution in [1.29, 1.82) is 0 Å². The highest BCUT2D eigenvalue weighted by Crippen LogP contribution is 2.25. The maximum absolute atomic E-state index is 13.4. The molecule has 3 N–H and O–H groups in total. The molecule has 0 aliphatic rings. The topological polar surface area (TPSA) is 107 Å². The summed E-state index contributed by atoms with van der Waals surface area (Å²) >= 11 is 0. The van der Waals surface area contributed by atoms with Gasteiger partial charge in [-0.3, -0.25) is 10.1 Å². The minimum Gasteiger partial charge on any atom is -0.368 e. The molecular weight excluding hydrogens is 253 g/mol. The molecule has 1 aromatic heterocycles. The molecule has 0 saturated heterocycles. The van der Waals surface area contributed by atoms with Gasteiger partial charge in [-0.15, -0.1) is 0 Å². The van der Waals surface area contributed by atoms with Gasteiger partial charge in [0, 0.05) is 5.69 Å². The second-order valence-corrected chi connectivity index (χ2v) is 3.81. The van der Waals surface area contributed by atoms with E-state index < -0.39 is 10.7 Å². The van der Waals surface area contributed by atoms with Crippen LogP contribution in [0, 0.1) is 22.9 Å². The van der Waals surface area contributed by atoms with Gasteiger partial charge in [0.2, 0.25) is 11.8 Å². The lowest BCUT2D eigenvalue weighted by Gasteiger charge is -2.07. The van der Waals surface area contributed by atoms with Gasteiger partial charge in [-0.25, -0.2) is 9.37 Å². The highest BCUT2D eigenvalue weighted by atomic mass is 19.1. The fourth-order valence-electron chi connectivity index (χ4n) is 1.42. The van der Waals surface area contributed by atoms with Crippen LogP contribution in [0.25, 0.3) is 0 Å². The van der Waals surface area contributed by atoms with Crippen molar-refractivity contribution < 1.29 is 9.31 Å². The monoisotopic (exact) mass is 263 g/mol. The van der Waals surface area contributed by atoms with Gasteiger partial charge in [0.05, 0.1) is 4.92 Å². The Morgan fingerprint density at radius 3 is 2.84 bits per heavy atom. The van der Waals surface area contributed by atoms with Gasteiger partial charge in [0.25, 0.3) is 0 Å². The van der Waals surface area contributed by atoms with Crippen molar-refractivity contribution in [3.8, 4) is 0 Å². The Kier molecular flexibility index (Phi) is 3.23. The second-order valence-electron chi connectivity index (χ2n) is 3.81. The maximum Gasteiger partial charge on any atom is 0.329 e. The quantitative estimate of drug-likeness (QED) is 0.649. The first-order chi connectivity index (χ1) is 8.97. The number of anilines is 3. The molecule has 1 heterocycles. The molecule has 2 aromatic rings. The average Bonchev–Trinajstić information content (AvgIpc) is 2.33. The van der Waals surface area contributed by atoms with Crippen molar-refractivity contribution in [1.82, 2.24) is 9.97 Å². The zero-order valence-electron chi connectivity index (χ0n) is 9.92. The van der Waals surface area contributed by atoms with Crippen LogP contribution in [-0.4, -0.2) is 14.9 Å². The van der Waals surface area contributed by atoms with E-state index in [2.05, 4.69) is 15.3 Å². The number of rotatable bonds is 3. The molecule has 19 heavy (non-hydrogen) atoms. The summed E-state index contributed by atoms with van der Waals surface area (Å²) in [7, 11) is 0. The summed E-state index contributed by atoms with van der Waals surface area (Å²) in [5, 5.41) is 13.5. The summed E-state index contributed by atoms with van der Waals surface area (Å²) in [5.41, 5.74) is 5.85. The first-order valence-electron chi connectivity index (χ1n) is 5.27. The van der Waals surface area contributed by atoms with Crippen LogP contribution in [0.3, 0.4) is 0 Å². The number of nitrogens with zero attached hydrogens (tertiary/aromatic N) is 3. The van der Waals surface area contributed by atoms with Gasteiger partial charge in [-0.1, -0.05) is 6.07 Å². The minimum absolute atomic E-state index is 0.0826. The molecular formula is C11H10FN5O2. The van der Waals surface area contributed by atoms with Crippen LogP contribution in [0.15, 0.2) is 24.4 Å². The largest absolute Gasteiger partial charge is 0.368 e. The predicted molar refractivity (Wildman–Crippen MR) is 67.5 cm³/mol. The van der Waals surface area contributed by atoms with E-state index in [1.807, 2.05) is 0 Å². The Labute approximate surface area is 107 Å². The maximum atomic E-state index is 13.4. The number of nitro groups is 1. The summed E-state index contributed by atoms with van der Waals surface area (Å²) < 4.78 is 13.4. The zero-order chi connectivity index (χ0) is 14.0. The van der Waals surface area contributed by atoms with Crippen LogP contribution in [0.5, 0.6) is 0 Å². The van der Waals surface area contributed by atoms with E-state index in [-0.39, 0.29) is 17.5 Å². The zero-order valence-corrected chi connectivity index (χ0v) is 9.92. The van der Waals surface area contributed by atoms with Gasteiger partial charge < -0.3 is 11.1 Å². The van der Waals surface area contributed by atoms with Gasteiger partial charge in [0.1, 0.15) is 12.0 Å². The molecule has 0 saturated carbocycles. The Bertz CT molecular complexity index is 647. The predicted octanol–water partition coefficient (Wildman–Crippen LogP) is 2.16. The lowest BCUT2D eigenvalue weighted by Crippen LogP contribution is -2.04. The molecule has 0 aliphatic heterocycles. The van der Waals surface area contributed by atoms with Crippen LogP contribution >= 0.6 is 0 Å². The van der Waals surface area contributed by atoms with Crippen molar-refractivity contribution in [2.45, 2.75) is 6.92 Å². The fraction of sp³-hybridized carbons (Fsp3) is 0.0909. The van der Waals surface area contributed by atoms with E-state index in [0.717, 1.165) is 6.20 Å². The van der Waals surface area contributed by atoms with E-state index in [9.17, 15) is 14.5 Å². The van der Waals surface area contributed by atoms with Crippen LogP contribution < -0.4 is 11.1 Å². The number of hydrogen-bond acceptors (Lipinski definition) is 6. The second kappa shape index (κ2) is 4.84. The third-order valence-corrected chi connectivity index (χ3v) is 2.42. The van der Waals surface area contributed by atoms with E-state index in [1.165, 1.54) is 6.07 Å². The molecule has 0 aliphatic carbocycles. The van der Waals surface area contributed by atoms with Crippen molar-refractivity contribution in [3.63, 3.8) is 0 Å². The van der Waals surface area contributed by atoms with Crippen molar-refractivity contribution in [2.24, 2.45) is 0 Å². The average molecular weight is 263 g/mol. The lowest BCUT2D eigenvalue weighted by molar-refractivity contribution is -0.384. The highest BCUT2D eigenvalue weighted by Gasteiger charge is 2.17. The normalized spacial score (nSPS) is 10.2. The first kappa shape index (κ1) is 12.7. The molecule has 0 fully saturated rings. The summed E-state index contributed by atoms with van der Waals surface area (Å²) in [6.45, 7) is 1.62. The molecule has 7 nitrogen and oxygen atoms in total. The molecule has 0 unspecified atom stereocenters. The number of aromatic nitrogens is 2. The van der Waals surface area contributed by atoms with E-state index in [0.29, 0.717) is 11.3 Å². The van der Waals surface area contributed by atoms with Crippen LogP contribution in [-0.2, 0) is 0 Å². The third kappa shape index (κ3) is 2.73. The molecule has 2 rings (SSSR count). The summed E-state index contributed by atoms with van der Waals surface area (Å²) in [6.07, 6.45) is 0.995. The van der Waals surface area contributed by atoms with Crippen LogP contribution in [0.2, 0.25) is 0 Å². The Balaban J connectivity index is 2.39. The highest BCUT2D eigenvalue weighted by molar-refractivity contribution is 5.65. The van der Waals surface area contributed by atoms with Crippen LogP contribution in [0.4, 0.5) is 27.5 Å². The molecule has 0 amide bonds. The standard InChI is InChI=1S/C11H10FN5O2/c1-6-2-3-7(4-8(6)12)15-10-9(17(18)19)5-14-11(13)16-10/h2-5H,1H3,(H3,13,14,15,16). The van der Waals surface area contributed by atoms with Crippen LogP contribution in [0.1, 0.15) is 5.56 Å². The molecule has 8 heteroatoms. The van der Waals surface area contributed by atoms with Crippen molar-refractivity contribution in [3.05, 3.63) is 45.9 Å². The third-order valence-electron chi connectivity index (χ3n) is 2.42. The number of aryl methyl sites for hydroxylation is 1. The summed E-state index contributed by atoms with van der Waals surface area (Å²) in [5.74, 6) is -0.615. The van der Waals surface area contributed by atoms with Gasteiger partial charge in [-0.05, 0) is 24.6 Å². The molecule has 1 aromatic carbocycles. The van der Waals surface area contributed by atoms with E-state index in [4.69, 9.17) is 5.73 Å². The number of nitrogens with one attached hydrogen (secondary N) is 1. The summed E-state index contributed by atoms with van der Waals surface area (Å²) in [4.78, 5) is 17.4. The molecule has 0 atom stereocenters. The van der Waals surface area contributed by atoms with Gasteiger partial charge >= 0.3 is 5.69 Å². The number of hydrogen-bond donors (Lipinski definition) is 2. The summed E-state index contributed by atoms with van der Waals surface area (Å²) in [6, 6.07) is 4.35. The Morgan fingerprint density at radius 1 is 1.47 bits per heavy atom. The van der Waals surface area contributed by atoms with E-state index >= 15 is 0 Å². The molecule has 0 radical (unpaired) electrons. The fourth-order valence-corrected chi connectivity index (χ4v) is 1.42. The minimum atomic E-state index is -0.647. The first-order valence-corrected chi connectivity index (χ1v) is 5.27. The molecule has 0 spiro atoms. The number of halogens is 1.